The van der Waals surface area contributed by atoms with E-state index in [9.17, 15) is 9.90 Å². The Labute approximate surface area is 169 Å². The summed E-state index contributed by atoms with van der Waals surface area (Å²) in [6.07, 6.45) is 2.14. The number of quaternary nitrogens is 1. The van der Waals surface area contributed by atoms with Crippen molar-refractivity contribution in [3.8, 4) is 17.2 Å². The summed E-state index contributed by atoms with van der Waals surface area (Å²) in [4.78, 5) is 13.6. The second-order valence-corrected chi connectivity index (χ2v) is 7.56. The van der Waals surface area contributed by atoms with Crippen LogP contribution < -0.4 is 20.0 Å². The number of benzene rings is 2. The summed E-state index contributed by atoms with van der Waals surface area (Å²) >= 11 is 0. The van der Waals surface area contributed by atoms with Crippen molar-refractivity contribution in [3.05, 3.63) is 63.5 Å². The minimum absolute atomic E-state index is 0.130. The Hall–Kier alpha value is -2.99. The highest BCUT2D eigenvalue weighted by atomic mass is 16.5. The zero-order valence-electron chi connectivity index (χ0n) is 17.0. The van der Waals surface area contributed by atoms with Crippen molar-refractivity contribution in [3.63, 3.8) is 0 Å². The van der Waals surface area contributed by atoms with Crippen molar-refractivity contribution in [1.82, 2.24) is 0 Å². The van der Waals surface area contributed by atoms with Gasteiger partial charge in [0.15, 0.2) is 0 Å². The summed E-state index contributed by atoms with van der Waals surface area (Å²) in [7, 11) is 3.35. The quantitative estimate of drug-likeness (QED) is 0.649. The standard InChI is InChI=1S/C23H25NO5/c1-14-20(25)8-7-17-15(11-22(26)29-23(14)17)13-24-10-4-5-19(24)18-12-16(27-2)6-9-21(18)28-3/h6-9,11-12,19,25H,4-5,10,13H2,1-3H3/p+1/t19-/m1/s1. The Morgan fingerprint density at radius 3 is 2.76 bits per heavy atom. The Morgan fingerprint density at radius 1 is 1.17 bits per heavy atom. The number of aryl methyl sites for hydroxylation is 1. The highest BCUT2D eigenvalue weighted by Gasteiger charge is 2.33. The summed E-state index contributed by atoms with van der Waals surface area (Å²) in [6.45, 7) is 3.46. The number of likely N-dealkylation sites (tertiary alicyclic amines) is 1. The van der Waals surface area contributed by atoms with Gasteiger partial charge in [-0.2, -0.15) is 0 Å². The van der Waals surface area contributed by atoms with Crippen LogP contribution in [0.25, 0.3) is 11.0 Å². The van der Waals surface area contributed by atoms with Gasteiger partial charge in [0.1, 0.15) is 35.4 Å². The van der Waals surface area contributed by atoms with Crippen LogP contribution in [0, 0.1) is 6.92 Å². The first-order valence-electron chi connectivity index (χ1n) is 9.83. The van der Waals surface area contributed by atoms with Crippen LogP contribution >= 0.6 is 0 Å². The zero-order chi connectivity index (χ0) is 20.5. The van der Waals surface area contributed by atoms with Crippen LogP contribution in [-0.2, 0) is 6.54 Å². The molecule has 1 aromatic heterocycles. The Kier molecular flexibility index (Phi) is 5.20. The molecule has 1 unspecified atom stereocenters. The number of ether oxygens (including phenoxy) is 2. The molecule has 2 atom stereocenters. The van der Waals surface area contributed by atoms with Crippen molar-refractivity contribution < 1.29 is 23.9 Å². The lowest BCUT2D eigenvalue weighted by Gasteiger charge is -2.24. The Bertz CT molecular complexity index is 1100. The topological polar surface area (TPSA) is 73.3 Å². The maximum Gasteiger partial charge on any atom is 0.336 e. The molecule has 1 aliphatic rings. The summed E-state index contributed by atoms with van der Waals surface area (Å²) < 4.78 is 16.4. The molecule has 1 saturated heterocycles. The molecular weight excluding hydrogens is 370 g/mol. The molecule has 0 spiro atoms. The van der Waals surface area contributed by atoms with Gasteiger partial charge in [-0.3, -0.25) is 0 Å². The molecule has 152 valence electrons. The van der Waals surface area contributed by atoms with Gasteiger partial charge in [-0.15, -0.1) is 0 Å². The number of fused-ring (bicyclic) bond motifs is 1. The molecular formula is C23H26NO5+. The molecule has 4 rings (SSSR count). The molecule has 6 nitrogen and oxygen atoms in total. The van der Waals surface area contributed by atoms with E-state index in [1.165, 1.54) is 4.90 Å². The average Bonchev–Trinajstić information content (AvgIpc) is 3.18. The van der Waals surface area contributed by atoms with E-state index in [0.717, 1.165) is 47.4 Å². The minimum atomic E-state index is -0.393. The fraction of sp³-hybridized carbons (Fsp3) is 0.348. The number of hydrogen-bond donors (Lipinski definition) is 2. The predicted octanol–water partition coefficient (Wildman–Crippen LogP) is 2.74. The van der Waals surface area contributed by atoms with Gasteiger partial charge < -0.3 is 23.9 Å². The molecule has 2 aromatic carbocycles. The van der Waals surface area contributed by atoms with Gasteiger partial charge in [-0.1, -0.05) is 0 Å². The van der Waals surface area contributed by atoms with E-state index >= 15 is 0 Å². The lowest BCUT2D eigenvalue weighted by molar-refractivity contribution is -0.931. The minimum Gasteiger partial charge on any atom is -0.508 e. The third kappa shape index (κ3) is 3.56. The summed E-state index contributed by atoms with van der Waals surface area (Å²) in [5.74, 6) is 1.79. The monoisotopic (exact) mass is 396 g/mol. The first kappa shape index (κ1) is 19.3. The van der Waals surface area contributed by atoms with E-state index in [0.29, 0.717) is 17.7 Å². The lowest BCUT2D eigenvalue weighted by atomic mass is 10.0. The van der Waals surface area contributed by atoms with Crippen LogP contribution in [0.15, 0.2) is 45.6 Å². The molecule has 3 aromatic rings. The summed E-state index contributed by atoms with van der Waals surface area (Å²) in [6, 6.07) is 11.2. The molecule has 1 aliphatic heterocycles. The highest BCUT2D eigenvalue weighted by Crippen LogP contribution is 2.32. The van der Waals surface area contributed by atoms with Gasteiger partial charge in [0, 0.05) is 35.4 Å². The van der Waals surface area contributed by atoms with Gasteiger partial charge in [-0.05, 0) is 37.3 Å². The molecule has 0 bridgehead atoms. The molecule has 2 N–H and O–H groups in total. The van der Waals surface area contributed by atoms with E-state index in [4.69, 9.17) is 13.9 Å². The van der Waals surface area contributed by atoms with Gasteiger partial charge in [0.2, 0.25) is 0 Å². The van der Waals surface area contributed by atoms with Crippen LogP contribution in [0.3, 0.4) is 0 Å². The largest absolute Gasteiger partial charge is 0.508 e. The van der Waals surface area contributed by atoms with Crippen LogP contribution in [0.5, 0.6) is 17.2 Å². The number of aromatic hydroxyl groups is 1. The van der Waals surface area contributed by atoms with E-state index in [1.807, 2.05) is 18.2 Å². The van der Waals surface area contributed by atoms with Gasteiger partial charge in [-0.25, -0.2) is 4.79 Å². The maximum atomic E-state index is 12.2. The predicted molar refractivity (Wildman–Crippen MR) is 110 cm³/mol. The van der Waals surface area contributed by atoms with Gasteiger partial charge in [0.05, 0.1) is 26.3 Å². The Morgan fingerprint density at radius 2 is 2.00 bits per heavy atom. The highest BCUT2D eigenvalue weighted by molar-refractivity contribution is 5.84. The number of methoxy groups -OCH3 is 2. The third-order valence-electron chi connectivity index (χ3n) is 5.93. The number of phenols is 1. The zero-order valence-corrected chi connectivity index (χ0v) is 17.0. The molecule has 0 radical (unpaired) electrons. The second kappa shape index (κ2) is 7.79. The Balaban J connectivity index is 1.74. The molecule has 0 aliphatic carbocycles. The number of rotatable bonds is 5. The molecule has 1 fully saturated rings. The number of nitrogens with one attached hydrogen (secondary N) is 1. The fourth-order valence-corrected chi connectivity index (χ4v) is 4.42. The molecule has 0 saturated carbocycles. The van der Waals surface area contributed by atoms with Crippen molar-refractivity contribution in [1.29, 1.82) is 0 Å². The van der Waals surface area contributed by atoms with Crippen LogP contribution in [-0.4, -0.2) is 25.9 Å². The van der Waals surface area contributed by atoms with Crippen LogP contribution in [0.1, 0.15) is 35.6 Å². The summed E-state index contributed by atoms with van der Waals surface area (Å²) in [5.41, 5.74) is 2.71. The van der Waals surface area contributed by atoms with Crippen LogP contribution in [0.4, 0.5) is 0 Å². The van der Waals surface area contributed by atoms with E-state index < -0.39 is 5.63 Å². The van der Waals surface area contributed by atoms with Crippen molar-refractivity contribution in [2.45, 2.75) is 32.4 Å². The number of phenolic OH excluding ortho intramolecular Hbond substituents is 1. The molecule has 29 heavy (non-hydrogen) atoms. The van der Waals surface area contributed by atoms with Crippen molar-refractivity contribution in [2.75, 3.05) is 20.8 Å². The molecule has 6 heteroatoms. The van der Waals surface area contributed by atoms with E-state index in [-0.39, 0.29) is 11.8 Å². The lowest BCUT2D eigenvalue weighted by Crippen LogP contribution is -3.08. The average molecular weight is 396 g/mol. The van der Waals surface area contributed by atoms with Gasteiger partial charge >= 0.3 is 5.63 Å². The first-order chi connectivity index (χ1) is 14.0. The summed E-state index contributed by atoms with van der Waals surface area (Å²) in [5, 5.41) is 10.9. The van der Waals surface area contributed by atoms with Crippen molar-refractivity contribution in [2.24, 2.45) is 0 Å². The first-order valence-corrected chi connectivity index (χ1v) is 9.83. The SMILES string of the molecule is COc1ccc(OC)c([C@H]2CCC[NH+]2Cc2cc(=O)oc3c(C)c(O)ccc23)c1. The molecule has 2 heterocycles. The van der Waals surface area contributed by atoms with E-state index in [2.05, 4.69) is 6.07 Å². The second-order valence-electron chi connectivity index (χ2n) is 7.56. The molecule has 0 amide bonds. The smallest absolute Gasteiger partial charge is 0.336 e. The third-order valence-corrected chi connectivity index (χ3v) is 5.93. The van der Waals surface area contributed by atoms with Gasteiger partial charge in [0.25, 0.3) is 0 Å². The van der Waals surface area contributed by atoms with E-state index in [1.54, 1.807) is 33.3 Å². The number of hydrogen-bond acceptors (Lipinski definition) is 5. The maximum absolute atomic E-state index is 12.2. The van der Waals surface area contributed by atoms with Crippen LogP contribution in [0.2, 0.25) is 0 Å². The van der Waals surface area contributed by atoms with Crippen molar-refractivity contribution >= 4 is 11.0 Å². The normalized spacial score (nSPS) is 18.9. The fourth-order valence-electron chi connectivity index (χ4n) is 4.42.